The van der Waals surface area contributed by atoms with Crippen LogP contribution in [0.2, 0.25) is 0 Å². The largest absolute Gasteiger partial charge is 0.394 e. The summed E-state index contributed by atoms with van der Waals surface area (Å²) in [5.41, 5.74) is 0. The van der Waals surface area contributed by atoms with Crippen molar-refractivity contribution in [1.82, 2.24) is 0 Å². The summed E-state index contributed by atoms with van der Waals surface area (Å²) >= 11 is 0. The Morgan fingerprint density at radius 1 is 1.00 bits per heavy atom. The zero-order chi connectivity index (χ0) is 11.7. The molecule has 0 radical (unpaired) electrons. The summed E-state index contributed by atoms with van der Waals surface area (Å²) in [6.45, 7) is 2.68. The number of hydrogen-bond acceptors (Lipinski definition) is 5. The second kappa shape index (κ2) is 13.9. The third-order valence-electron chi connectivity index (χ3n) is 2.22. The molecule has 0 aliphatic carbocycles. The summed E-state index contributed by atoms with van der Waals surface area (Å²) in [6, 6.07) is 0. The van der Waals surface area contributed by atoms with E-state index in [2.05, 4.69) is 0 Å². The normalized spacial score (nSPS) is 15.4. The van der Waals surface area contributed by atoms with Crippen LogP contribution in [0.25, 0.3) is 0 Å². The predicted octanol–water partition coefficient (Wildman–Crippen LogP) is 0.540. The third kappa shape index (κ3) is 10.7. The molecular weight excluding hydrogens is 224 g/mol. The second-order valence-corrected chi connectivity index (χ2v) is 3.50. The van der Waals surface area contributed by atoms with Gasteiger partial charge in [-0.15, -0.1) is 0 Å². The molecule has 0 aliphatic heterocycles. The van der Waals surface area contributed by atoms with Gasteiger partial charge in [-0.1, -0.05) is 14.9 Å². The van der Waals surface area contributed by atoms with Gasteiger partial charge in [0.05, 0.1) is 12.7 Å². The average molecular weight is 254 g/mol. The highest BCUT2D eigenvalue weighted by atomic mass is 16.5. The van der Waals surface area contributed by atoms with Gasteiger partial charge < -0.3 is 25.2 Å². The molecule has 0 aromatic carbocycles. The molecule has 4 N–H and O–H groups in total. The molecule has 0 rings (SSSR count). The van der Waals surface area contributed by atoms with E-state index in [1.165, 1.54) is 0 Å². The molecule has 0 aromatic rings. The number of rotatable bonds is 9. The van der Waals surface area contributed by atoms with E-state index >= 15 is 0 Å². The fourth-order valence-corrected chi connectivity index (χ4v) is 1.24. The molecule has 0 bridgehead atoms. The SMILES string of the molecule is C.C.CCOCCCCC(O)C(O)C(O)CO. The average Bonchev–Trinajstić information content (AvgIpc) is 2.26. The monoisotopic (exact) mass is 254 g/mol. The topological polar surface area (TPSA) is 90.2 Å². The van der Waals surface area contributed by atoms with Gasteiger partial charge in [0, 0.05) is 13.2 Å². The van der Waals surface area contributed by atoms with E-state index in [1.54, 1.807) is 0 Å². The van der Waals surface area contributed by atoms with Crippen molar-refractivity contribution in [2.45, 2.75) is 59.4 Å². The lowest BCUT2D eigenvalue weighted by Gasteiger charge is -2.21. The van der Waals surface area contributed by atoms with Crippen LogP contribution in [-0.2, 0) is 4.74 Å². The summed E-state index contributed by atoms with van der Waals surface area (Å²) in [7, 11) is 0. The molecule has 3 unspecified atom stereocenters. The molecule has 3 atom stereocenters. The van der Waals surface area contributed by atoms with Crippen LogP contribution in [0.1, 0.15) is 41.0 Å². The van der Waals surface area contributed by atoms with Gasteiger partial charge in [-0.3, -0.25) is 0 Å². The molecule has 0 saturated carbocycles. The molecule has 0 aliphatic rings. The molecule has 0 spiro atoms. The molecule has 0 aromatic heterocycles. The number of aliphatic hydroxyl groups is 4. The van der Waals surface area contributed by atoms with E-state index < -0.39 is 24.9 Å². The van der Waals surface area contributed by atoms with Gasteiger partial charge in [-0.2, -0.15) is 0 Å². The van der Waals surface area contributed by atoms with E-state index in [1.807, 2.05) is 6.92 Å². The van der Waals surface area contributed by atoms with Crippen molar-refractivity contribution in [2.24, 2.45) is 0 Å². The molecule has 0 saturated heterocycles. The Labute approximate surface area is 105 Å². The maximum Gasteiger partial charge on any atom is 0.108 e. The lowest BCUT2D eigenvalue weighted by molar-refractivity contribution is -0.0789. The minimum absolute atomic E-state index is 0. The Kier molecular flexibility index (Phi) is 18.0. The summed E-state index contributed by atoms with van der Waals surface area (Å²) in [5.74, 6) is 0. The Balaban J connectivity index is -0.000000980. The zero-order valence-corrected chi connectivity index (χ0v) is 9.17. The fourth-order valence-electron chi connectivity index (χ4n) is 1.24. The molecule has 0 heterocycles. The minimum Gasteiger partial charge on any atom is -0.394 e. The minimum atomic E-state index is -1.28. The first-order valence-corrected chi connectivity index (χ1v) is 5.36. The number of aliphatic hydroxyl groups excluding tert-OH is 4. The Morgan fingerprint density at radius 2 is 1.59 bits per heavy atom. The van der Waals surface area contributed by atoms with Crippen LogP contribution in [0.5, 0.6) is 0 Å². The summed E-state index contributed by atoms with van der Waals surface area (Å²) in [5, 5.41) is 36.3. The van der Waals surface area contributed by atoms with Crippen LogP contribution in [0.3, 0.4) is 0 Å². The van der Waals surface area contributed by atoms with Gasteiger partial charge in [0.2, 0.25) is 0 Å². The van der Waals surface area contributed by atoms with E-state index in [-0.39, 0.29) is 14.9 Å². The van der Waals surface area contributed by atoms with Gasteiger partial charge >= 0.3 is 0 Å². The van der Waals surface area contributed by atoms with Crippen LogP contribution in [0.4, 0.5) is 0 Å². The van der Waals surface area contributed by atoms with Crippen molar-refractivity contribution in [3.63, 3.8) is 0 Å². The second-order valence-electron chi connectivity index (χ2n) is 3.50. The molecule has 5 nitrogen and oxygen atoms in total. The van der Waals surface area contributed by atoms with Gasteiger partial charge in [0.25, 0.3) is 0 Å². The Bertz CT molecular complexity index is 143. The fraction of sp³-hybridized carbons (Fsp3) is 1.00. The van der Waals surface area contributed by atoms with E-state index in [0.717, 1.165) is 12.8 Å². The quantitative estimate of drug-likeness (QED) is 0.451. The molecule has 108 valence electrons. The van der Waals surface area contributed by atoms with Crippen LogP contribution in [0.15, 0.2) is 0 Å². The summed E-state index contributed by atoms with van der Waals surface area (Å²) < 4.78 is 5.11. The van der Waals surface area contributed by atoms with Gasteiger partial charge in [0.1, 0.15) is 12.2 Å². The van der Waals surface area contributed by atoms with Gasteiger partial charge in [0.15, 0.2) is 0 Å². The molecule has 5 heteroatoms. The Morgan fingerprint density at radius 3 is 2.06 bits per heavy atom. The summed E-state index contributed by atoms with van der Waals surface area (Å²) in [4.78, 5) is 0. The van der Waals surface area contributed by atoms with Crippen LogP contribution < -0.4 is 0 Å². The summed E-state index contributed by atoms with van der Waals surface area (Å²) in [6.07, 6.45) is -1.61. The molecule has 17 heavy (non-hydrogen) atoms. The zero-order valence-electron chi connectivity index (χ0n) is 9.17. The number of hydrogen-bond donors (Lipinski definition) is 4. The third-order valence-corrected chi connectivity index (χ3v) is 2.22. The smallest absolute Gasteiger partial charge is 0.108 e. The van der Waals surface area contributed by atoms with Crippen molar-refractivity contribution in [1.29, 1.82) is 0 Å². The highest BCUT2D eigenvalue weighted by Gasteiger charge is 2.23. The highest BCUT2D eigenvalue weighted by Crippen LogP contribution is 2.08. The number of ether oxygens (including phenoxy) is 1. The van der Waals surface area contributed by atoms with Crippen LogP contribution in [0, 0.1) is 0 Å². The lowest BCUT2D eigenvalue weighted by atomic mass is 10.0. The van der Waals surface area contributed by atoms with Crippen molar-refractivity contribution < 1.29 is 25.2 Å². The standard InChI is InChI=1S/C10H22O5.2CH4/c1-2-15-6-4-3-5-8(12)10(14)9(13)7-11;;/h8-14H,2-7H2,1H3;2*1H4. The first kappa shape index (κ1) is 22.0. The first-order chi connectivity index (χ1) is 7.13. The van der Waals surface area contributed by atoms with Crippen LogP contribution >= 0.6 is 0 Å². The maximum atomic E-state index is 9.41. The number of unbranched alkanes of at least 4 members (excludes halogenated alkanes) is 1. The van der Waals surface area contributed by atoms with E-state index in [9.17, 15) is 10.2 Å². The van der Waals surface area contributed by atoms with Crippen LogP contribution in [-0.4, -0.2) is 58.6 Å². The molecule has 0 amide bonds. The van der Waals surface area contributed by atoms with Gasteiger partial charge in [-0.05, 0) is 26.2 Å². The molecule has 0 fully saturated rings. The lowest BCUT2D eigenvalue weighted by Crippen LogP contribution is -2.39. The van der Waals surface area contributed by atoms with E-state index in [4.69, 9.17) is 14.9 Å². The first-order valence-electron chi connectivity index (χ1n) is 5.36. The Hall–Kier alpha value is -0.200. The van der Waals surface area contributed by atoms with Crippen molar-refractivity contribution in [2.75, 3.05) is 19.8 Å². The van der Waals surface area contributed by atoms with E-state index in [0.29, 0.717) is 19.6 Å². The van der Waals surface area contributed by atoms with Crippen molar-refractivity contribution in [3.05, 3.63) is 0 Å². The van der Waals surface area contributed by atoms with Gasteiger partial charge in [-0.25, -0.2) is 0 Å². The maximum absolute atomic E-state index is 9.41. The highest BCUT2D eigenvalue weighted by molar-refractivity contribution is 4.74. The predicted molar refractivity (Wildman–Crippen MR) is 68.9 cm³/mol. The molecular formula is C12H30O5. The van der Waals surface area contributed by atoms with Crippen molar-refractivity contribution in [3.8, 4) is 0 Å². The van der Waals surface area contributed by atoms with Crippen molar-refractivity contribution >= 4 is 0 Å².